The van der Waals surface area contributed by atoms with E-state index in [1.807, 2.05) is 24.4 Å². The van der Waals surface area contributed by atoms with Crippen molar-refractivity contribution in [3.05, 3.63) is 45.9 Å². The largest absolute Gasteiger partial charge is 0.300 e. The van der Waals surface area contributed by atoms with E-state index in [2.05, 4.69) is 35.3 Å². The number of benzene rings is 1. The van der Waals surface area contributed by atoms with Gasteiger partial charge in [0.15, 0.2) is 5.13 Å². The van der Waals surface area contributed by atoms with E-state index in [0.717, 1.165) is 27.1 Å². The summed E-state index contributed by atoms with van der Waals surface area (Å²) in [6, 6.07) is 8.17. The third-order valence-electron chi connectivity index (χ3n) is 3.10. The standard InChI is InChI=1S/C13H17ClN4S/c1-9(11-5-3-4-6-12(11)14)18(2)8-10-7-16-13(17-15)19-10/h3-7,9H,8,15H2,1-2H3,(H,16,17). The van der Waals surface area contributed by atoms with E-state index < -0.39 is 0 Å². The number of nitrogen functional groups attached to an aromatic ring is 1. The highest BCUT2D eigenvalue weighted by atomic mass is 35.5. The number of anilines is 1. The fourth-order valence-electron chi connectivity index (χ4n) is 1.88. The van der Waals surface area contributed by atoms with Crippen LogP contribution in [0.15, 0.2) is 30.5 Å². The highest BCUT2D eigenvalue weighted by Crippen LogP contribution is 2.28. The van der Waals surface area contributed by atoms with Crippen LogP contribution in [-0.4, -0.2) is 16.9 Å². The van der Waals surface area contributed by atoms with Crippen molar-refractivity contribution in [3.63, 3.8) is 0 Å². The van der Waals surface area contributed by atoms with Crippen LogP contribution in [0.4, 0.5) is 5.13 Å². The Morgan fingerprint density at radius 3 is 2.84 bits per heavy atom. The van der Waals surface area contributed by atoms with E-state index in [1.165, 1.54) is 0 Å². The molecule has 3 N–H and O–H groups in total. The molecule has 0 bridgehead atoms. The number of aromatic nitrogens is 1. The van der Waals surface area contributed by atoms with Gasteiger partial charge in [0.1, 0.15) is 0 Å². The number of rotatable bonds is 5. The lowest BCUT2D eigenvalue weighted by atomic mass is 10.1. The van der Waals surface area contributed by atoms with Crippen molar-refractivity contribution in [1.82, 2.24) is 9.88 Å². The summed E-state index contributed by atoms with van der Waals surface area (Å²) in [7, 11) is 2.07. The molecule has 1 heterocycles. The summed E-state index contributed by atoms with van der Waals surface area (Å²) in [4.78, 5) is 7.56. The summed E-state index contributed by atoms with van der Waals surface area (Å²) in [5.41, 5.74) is 3.69. The molecule has 1 unspecified atom stereocenters. The maximum absolute atomic E-state index is 6.23. The molecule has 1 aromatic heterocycles. The van der Waals surface area contributed by atoms with Crippen LogP contribution in [0.2, 0.25) is 5.02 Å². The van der Waals surface area contributed by atoms with Crippen LogP contribution in [0, 0.1) is 0 Å². The predicted molar refractivity (Wildman–Crippen MR) is 81.3 cm³/mol. The first-order chi connectivity index (χ1) is 9.11. The first-order valence-electron chi connectivity index (χ1n) is 5.97. The first kappa shape index (κ1) is 14.3. The number of nitrogens with two attached hydrogens (primary N) is 1. The Labute approximate surface area is 122 Å². The second kappa shape index (κ2) is 6.34. The second-order valence-electron chi connectivity index (χ2n) is 4.39. The van der Waals surface area contributed by atoms with Gasteiger partial charge in [-0.05, 0) is 25.6 Å². The normalized spacial score (nSPS) is 12.7. The van der Waals surface area contributed by atoms with Crippen LogP contribution in [0.25, 0.3) is 0 Å². The minimum atomic E-state index is 0.241. The van der Waals surface area contributed by atoms with Crippen molar-refractivity contribution < 1.29 is 0 Å². The van der Waals surface area contributed by atoms with Gasteiger partial charge in [-0.1, -0.05) is 41.1 Å². The molecule has 0 radical (unpaired) electrons. The molecule has 2 rings (SSSR count). The lowest BCUT2D eigenvalue weighted by Gasteiger charge is -2.25. The van der Waals surface area contributed by atoms with Gasteiger partial charge in [0, 0.05) is 28.7 Å². The summed E-state index contributed by atoms with van der Waals surface area (Å²) in [6.45, 7) is 2.95. The van der Waals surface area contributed by atoms with Gasteiger partial charge in [0.05, 0.1) is 0 Å². The molecule has 0 fully saturated rings. The van der Waals surface area contributed by atoms with Crippen molar-refractivity contribution in [2.45, 2.75) is 19.5 Å². The summed E-state index contributed by atoms with van der Waals surface area (Å²) in [5, 5.41) is 1.53. The molecular weight excluding hydrogens is 280 g/mol. The Kier molecular flexibility index (Phi) is 4.76. The molecule has 0 saturated heterocycles. The zero-order valence-electron chi connectivity index (χ0n) is 10.9. The third kappa shape index (κ3) is 3.45. The lowest BCUT2D eigenvalue weighted by molar-refractivity contribution is 0.255. The summed E-state index contributed by atoms with van der Waals surface area (Å²) in [5.74, 6) is 5.33. The lowest BCUT2D eigenvalue weighted by Crippen LogP contribution is -2.21. The summed E-state index contributed by atoms with van der Waals surface area (Å²) >= 11 is 7.79. The predicted octanol–water partition coefficient (Wildman–Crippen LogP) is 3.28. The highest BCUT2D eigenvalue weighted by Gasteiger charge is 2.15. The van der Waals surface area contributed by atoms with Crippen LogP contribution >= 0.6 is 22.9 Å². The maximum Gasteiger partial charge on any atom is 0.197 e. The van der Waals surface area contributed by atoms with Gasteiger partial charge in [-0.15, -0.1) is 0 Å². The van der Waals surface area contributed by atoms with Crippen molar-refractivity contribution in [2.24, 2.45) is 5.84 Å². The number of thiazole rings is 1. The number of hydrogen-bond acceptors (Lipinski definition) is 5. The van der Waals surface area contributed by atoms with Crippen molar-refractivity contribution in [3.8, 4) is 0 Å². The van der Waals surface area contributed by atoms with Gasteiger partial charge < -0.3 is 0 Å². The fraction of sp³-hybridized carbons (Fsp3) is 0.308. The third-order valence-corrected chi connectivity index (χ3v) is 4.36. The number of halogens is 1. The molecule has 1 aromatic carbocycles. The van der Waals surface area contributed by atoms with E-state index in [-0.39, 0.29) is 6.04 Å². The molecule has 0 aliphatic carbocycles. The highest BCUT2D eigenvalue weighted by molar-refractivity contribution is 7.15. The molecule has 0 saturated carbocycles. The van der Waals surface area contributed by atoms with Gasteiger partial charge in [0.25, 0.3) is 0 Å². The van der Waals surface area contributed by atoms with E-state index in [9.17, 15) is 0 Å². The van der Waals surface area contributed by atoms with Crippen molar-refractivity contribution in [2.75, 3.05) is 12.5 Å². The Bertz CT molecular complexity index is 543. The van der Waals surface area contributed by atoms with Gasteiger partial charge in [-0.3, -0.25) is 10.3 Å². The number of hydrazine groups is 1. The topological polar surface area (TPSA) is 54.2 Å². The van der Waals surface area contributed by atoms with Crippen molar-refractivity contribution in [1.29, 1.82) is 0 Å². The minimum absolute atomic E-state index is 0.241. The van der Waals surface area contributed by atoms with E-state index in [1.54, 1.807) is 11.3 Å². The van der Waals surface area contributed by atoms with Crippen LogP contribution in [-0.2, 0) is 6.54 Å². The van der Waals surface area contributed by atoms with E-state index in [4.69, 9.17) is 17.4 Å². The number of hydrogen-bond donors (Lipinski definition) is 2. The zero-order valence-corrected chi connectivity index (χ0v) is 12.5. The maximum atomic E-state index is 6.23. The molecule has 2 aromatic rings. The summed E-state index contributed by atoms with van der Waals surface area (Å²) in [6.07, 6.45) is 1.84. The Morgan fingerprint density at radius 2 is 2.21 bits per heavy atom. The Balaban J connectivity index is 2.07. The molecule has 0 amide bonds. The van der Waals surface area contributed by atoms with Gasteiger partial charge in [-0.25, -0.2) is 10.8 Å². The summed E-state index contributed by atoms with van der Waals surface area (Å²) < 4.78 is 0. The smallest absolute Gasteiger partial charge is 0.197 e. The minimum Gasteiger partial charge on any atom is -0.300 e. The van der Waals surface area contributed by atoms with Crippen LogP contribution in [0.1, 0.15) is 23.4 Å². The molecule has 0 aliphatic heterocycles. The van der Waals surface area contributed by atoms with Crippen LogP contribution < -0.4 is 11.3 Å². The first-order valence-corrected chi connectivity index (χ1v) is 7.17. The molecule has 6 heteroatoms. The number of nitrogens with zero attached hydrogens (tertiary/aromatic N) is 2. The molecule has 0 spiro atoms. The quantitative estimate of drug-likeness (QED) is 0.657. The van der Waals surface area contributed by atoms with Gasteiger partial charge >= 0.3 is 0 Å². The molecule has 0 aliphatic rings. The molecule has 4 nitrogen and oxygen atoms in total. The fourth-order valence-corrected chi connectivity index (χ4v) is 2.96. The molecular formula is C13H17ClN4S. The van der Waals surface area contributed by atoms with Crippen LogP contribution in [0.5, 0.6) is 0 Å². The average molecular weight is 297 g/mol. The zero-order chi connectivity index (χ0) is 13.8. The molecule has 19 heavy (non-hydrogen) atoms. The second-order valence-corrected chi connectivity index (χ2v) is 5.91. The SMILES string of the molecule is CC(c1ccccc1Cl)N(C)Cc1cnc(NN)s1. The molecule has 1 atom stereocenters. The number of nitrogens with one attached hydrogen (secondary N) is 1. The Morgan fingerprint density at radius 1 is 1.47 bits per heavy atom. The van der Waals surface area contributed by atoms with E-state index >= 15 is 0 Å². The van der Waals surface area contributed by atoms with Gasteiger partial charge in [-0.2, -0.15) is 0 Å². The van der Waals surface area contributed by atoms with E-state index in [0.29, 0.717) is 0 Å². The molecule has 102 valence electrons. The van der Waals surface area contributed by atoms with Crippen LogP contribution in [0.3, 0.4) is 0 Å². The van der Waals surface area contributed by atoms with Gasteiger partial charge in [0.2, 0.25) is 0 Å². The Hall–Kier alpha value is -1.14. The van der Waals surface area contributed by atoms with Crippen molar-refractivity contribution >= 4 is 28.1 Å². The average Bonchev–Trinajstić information content (AvgIpc) is 2.86. The monoisotopic (exact) mass is 296 g/mol.